The Balaban J connectivity index is 2.07. The van der Waals surface area contributed by atoms with Crippen molar-refractivity contribution in [2.24, 2.45) is 0 Å². The second-order valence-corrected chi connectivity index (χ2v) is 11.5. The monoisotopic (exact) mass is 507 g/mol. The van der Waals surface area contributed by atoms with Crippen LogP contribution >= 0.6 is 0 Å². The molecule has 0 aliphatic carbocycles. The Bertz CT molecular complexity index is 734. The highest BCUT2D eigenvalue weighted by atomic mass is 16.5. The summed E-state index contributed by atoms with van der Waals surface area (Å²) in [5.41, 5.74) is 1.31. The summed E-state index contributed by atoms with van der Waals surface area (Å²) in [5, 5.41) is 10.9. The van der Waals surface area contributed by atoms with Crippen molar-refractivity contribution in [3.63, 3.8) is 0 Å². The maximum absolute atomic E-state index is 12.1. The van der Waals surface area contributed by atoms with Crippen LogP contribution in [0.5, 0.6) is 0 Å². The van der Waals surface area contributed by atoms with Gasteiger partial charge >= 0.3 is 5.97 Å². The van der Waals surface area contributed by atoms with E-state index in [0.29, 0.717) is 17.4 Å². The van der Waals surface area contributed by atoms with E-state index in [1.165, 1.54) is 75.5 Å². The van der Waals surface area contributed by atoms with Gasteiger partial charge in [-0.25, -0.2) is 0 Å². The van der Waals surface area contributed by atoms with Crippen molar-refractivity contribution in [3.05, 3.63) is 23.2 Å². The highest BCUT2D eigenvalue weighted by Gasteiger charge is 2.22. The van der Waals surface area contributed by atoms with Crippen LogP contribution in [0.4, 0.5) is 0 Å². The summed E-state index contributed by atoms with van der Waals surface area (Å²) in [6, 6.07) is 2.23. The molecule has 6 heteroatoms. The molecule has 1 aromatic heterocycles. The van der Waals surface area contributed by atoms with E-state index in [2.05, 4.69) is 19.9 Å². The van der Waals surface area contributed by atoms with Crippen molar-refractivity contribution in [2.75, 3.05) is 27.7 Å². The molecule has 1 aromatic rings. The molecule has 1 atom stereocenters. The van der Waals surface area contributed by atoms with E-state index in [1.54, 1.807) is 0 Å². The summed E-state index contributed by atoms with van der Waals surface area (Å²) in [6.45, 7) is 4.88. The second-order valence-electron chi connectivity index (χ2n) is 11.5. The molecule has 0 N–H and O–H groups in total. The van der Waals surface area contributed by atoms with Gasteiger partial charge in [-0.2, -0.15) is 0 Å². The predicted octanol–water partition coefficient (Wildman–Crippen LogP) is 5.91. The van der Waals surface area contributed by atoms with Gasteiger partial charge in [0, 0.05) is 31.7 Å². The molecular weight excluding hydrogens is 454 g/mol. The fourth-order valence-electron chi connectivity index (χ4n) is 4.67. The molecule has 208 valence electrons. The fraction of sp³-hybridized carbons (Fsp3) is 0.800. The largest absolute Gasteiger partial charge is 0.550 e. The maximum Gasteiger partial charge on any atom is 0.306 e. The number of likely N-dealkylation sites (N-methyl/N-ethyl adjacent to an activating group) is 1. The third-order valence-electron chi connectivity index (χ3n) is 6.58. The average molecular weight is 508 g/mol. The summed E-state index contributed by atoms with van der Waals surface area (Å²) in [7, 11) is 5.84. The molecule has 1 unspecified atom stereocenters. The molecule has 0 saturated carbocycles. The number of furan rings is 1. The number of ether oxygens (including phenoxy) is 1. The van der Waals surface area contributed by atoms with Crippen LogP contribution in [0.1, 0.15) is 120 Å². The molecule has 0 bridgehead atoms. The lowest BCUT2D eigenvalue weighted by atomic mass is 10.0. The molecule has 6 nitrogen and oxygen atoms in total. The predicted molar refractivity (Wildman–Crippen MR) is 144 cm³/mol. The van der Waals surface area contributed by atoms with Crippen molar-refractivity contribution in [3.8, 4) is 0 Å². The van der Waals surface area contributed by atoms with Gasteiger partial charge in [-0.3, -0.25) is 4.79 Å². The first-order valence-electron chi connectivity index (χ1n) is 14.4. The van der Waals surface area contributed by atoms with Crippen LogP contribution < -0.4 is 5.11 Å². The van der Waals surface area contributed by atoms with Gasteiger partial charge in [0.2, 0.25) is 0 Å². The quantitative estimate of drug-likeness (QED) is 0.111. The normalized spacial score (nSPS) is 12.6. The molecule has 0 spiro atoms. The van der Waals surface area contributed by atoms with Gasteiger partial charge in [0.25, 0.3) is 0 Å². The number of carbonyl (C=O) groups excluding carboxylic acids is 2. The third kappa shape index (κ3) is 16.8. The van der Waals surface area contributed by atoms with Crippen LogP contribution in [-0.4, -0.2) is 50.2 Å². The Morgan fingerprint density at radius 1 is 0.889 bits per heavy atom. The molecule has 0 saturated heterocycles. The lowest BCUT2D eigenvalue weighted by molar-refractivity contribution is -0.873. The topological polar surface area (TPSA) is 79.6 Å². The molecule has 1 heterocycles. The molecule has 0 radical (unpaired) electrons. The van der Waals surface area contributed by atoms with Gasteiger partial charge in [0.1, 0.15) is 18.1 Å². The van der Waals surface area contributed by atoms with Crippen molar-refractivity contribution in [1.29, 1.82) is 0 Å². The van der Waals surface area contributed by atoms with E-state index in [9.17, 15) is 14.7 Å². The van der Waals surface area contributed by atoms with Crippen LogP contribution in [0.15, 0.2) is 10.5 Å². The zero-order valence-electron chi connectivity index (χ0n) is 23.9. The van der Waals surface area contributed by atoms with Crippen LogP contribution in [0.3, 0.4) is 0 Å². The number of aliphatic carboxylic acids is 1. The van der Waals surface area contributed by atoms with Crippen molar-refractivity contribution in [1.82, 2.24) is 0 Å². The van der Waals surface area contributed by atoms with Gasteiger partial charge in [-0.05, 0) is 37.8 Å². The molecular formula is C30H53NO5. The molecule has 0 aliphatic heterocycles. The first-order valence-corrected chi connectivity index (χ1v) is 14.4. The third-order valence-corrected chi connectivity index (χ3v) is 6.58. The van der Waals surface area contributed by atoms with E-state index >= 15 is 0 Å². The van der Waals surface area contributed by atoms with Crippen LogP contribution in [-0.2, 0) is 27.2 Å². The molecule has 0 fully saturated rings. The number of hydrogen-bond acceptors (Lipinski definition) is 5. The van der Waals surface area contributed by atoms with E-state index < -0.39 is 12.1 Å². The van der Waals surface area contributed by atoms with E-state index in [-0.39, 0.29) is 12.4 Å². The Morgan fingerprint density at radius 2 is 1.44 bits per heavy atom. The maximum atomic E-state index is 12.1. The number of aryl methyl sites for hydroxylation is 3. The highest BCUT2D eigenvalue weighted by Crippen LogP contribution is 2.20. The minimum atomic E-state index is -1.18. The number of nitrogens with zero attached hydrogens (tertiary/aromatic N) is 1. The van der Waals surface area contributed by atoms with Crippen LogP contribution in [0.25, 0.3) is 0 Å². The first kappa shape index (κ1) is 32.2. The molecule has 0 amide bonds. The summed E-state index contributed by atoms with van der Waals surface area (Å²) >= 11 is 0. The number of carboxylic acid groups (broad SMARTS) is 1. The minimum Gasteiger partial charge on any atom is -0.550 e. The molecule has 1 rings (SSSR count). The lowest BCUT2D eigenvalue weighted by Crippen LogP contribution is -2.45. The number of quaternary nitrogens is 1. The number of carbonyl (C=O) groups is 2. The Morgan fingerprint density at radius 3 is 2.03 bits per heavy atom. The average Bonchev–Trinajstić information content (AvgIpc) is 3.12. The lowest BCUT2D eigenvalue weighted by Gasteiger charge is -2.29. The van der Waals surface area contributed by atoms with Gasteiger partial charge < -0.3 is 23.5 Å². The van der Waals surface area contributed by atoms with Crippen molar-refractivity contribution < 1.29 is 28.3 Å². The first-order chi connectivity index (χ1) is 17.1. The Labute approximate surface area is 220 Å². The zero-order chi connectivity index (χ0) is 26.8. The molecule has 0 aliphatic rings. The summed E-state index contributed by atoms with van der Waals surface area (Å²) < 4.78 is 12.0. The van der Waals surface area contributed by atoms with Crippen LogP contribution in [0, 0.1) is 6.92 Å². The number of esters is 1. The fourth-order valence-corrected chi connectivity index (χ4v) is 4.67. The Kier molecular flexibility index (Phi) is 16.5. The SMILES string of the molecule is CCCCCCCc1cc(C)c(CCCCCCCCCCC(=O)OC(CC(=O)[O-])C[N+](C)(C)C)o1. The summed E-state index contributed by atoms with van der Waals surface area (Å²) in [5.74, 6) is 0.848. The van der Waals surface area contributed by atoms with E-state index in [0.717, 1.165) is 37.9 Å². The van der Waals surface area contributed by atoms with Gasteiger partial charge in [-0.15, -0.1) is 0 Å². The number of rotatable bonds is 22. The van der Waals surface area contributed by atoms with Crippen molar-refractivity contribution >= 4 is 11.9 Å². The summed E-state index contributed by atoms with van der Waals surface area (Å²) in [6.07, 6.45) is 17.0. The Hall–Kier alpha value is -1.82. The van der Waals surface area contributed by atoms with Gasteiger partial charge in [0.05, 0.1) is 21.1 Å². The smallest absolute Gasteiger partial charge is 0.306 e. The number of hydrogen-bond donors (Lipinski definition) is 0. The van der Waals surface area contributed by atoms with E-state index in [1.807, 2.05) is 21.1 Å². The van der Waals surface area contributed by atoms with E-state index in [4.69, 9.17) is 9.15 Å². The molecule has 0 aromatic carbocycles. The van der Waals surface area contributed by atoms with Gasteiger partial charge in [0.15, 0.2) is 6.10 Å². The van der Waals surface area contributed by atoms with Crippen LogP contribution in [0.2, 0.25) is 0 Å². The summed E-state index contributed by atoms with van der Waals surface area (Å²) in [4.78, 5) is 23.0. The van der Waals surface area contributed by atoms with Gasteiger partial charge in [-0.1, -0.05) is 71.1 Å². The minimum absolute atomic E-state index is 0.249. The van der Waals surface area contributed by atoms with Crippen molar-refractivity contribution in [2.45, 2.75) is 129 Å². The zero-order valence-corrected chi connectivity index (χ0v) is 23.9. The number of carboxylic acids is 1. The second kappa shape index (κ2) is 18.4. The standard InChI is InChI=1S/C30H53NO5/c1-6-7-8-13-16-19-26-22-25(2)28(35-26)20-17-14-11-9-10-12-15-18-21-30(34)36-27(23-29(32)33)24-31(3,4)5/h22,27H,6-21,23-24H2,1-5H3. The molecule has 36 heavy (non-hydrogen) atoms. The number of unbranched alkanes of at least 4 members (excludes halogenated alkanes) is 11. The highest BCUT2D eigenvalue weighted by molar-refractivity contribution is 5.70.